The third kappa shape index (κ3) is 3.35. The van der Waals surface area contributed by atoms with Crippen LogP contribution in [0.4, 0.5) is 0 Å². The number of carbonyl (C=O) groups excluding carboxylic acids is 1. The van der Waals surface area contributed by atoms with E-state index >= 15 is 0 Å². The van der Waals surface area contributed by atoms with Gasteiger partial charge >= 0.3 is 5.97 Å². The van der Waals surface area contributed by atoms with Gasteiger partial charge in [0, 0.05) is 6.92 Å². The van der Waals surface area contributed by atoms with Gasteiger partial charge in [-0.05, 0) is 17.7 Å². The largest absolute Gasteiger partial charge is 0.485 e. The second-order valence-electron chi connectivity index (χ2n) is 3.81. The van der Waals surface area contributed by atoms with E-state index in [2.05, 4.69) is 0 Å². The Hall–Kier alpha value is -2.29. The van der Waals surface area contributed by atoms with Crippen LogP contribution in [-0.2, 0) is 11.4 Å². The Bertz CT molecular complexity index is 520. The Morgan fingerprint density at radius 3 is 2.22 bits per heavy atom. The van der Waals surface area contributed by atoms with E-state index in [0.29, 0.717) is 18.1 Å². The van der Waals surface area contributed by atoms with Crippen molar-refractivity contribution in [1.29, 1.82) is 0 Å². The molecule has 0 fully saturated rings. The van der Waals surface area contributed by atoms with Crippen LogP contribution in [0.5, 0.6) is 11.5 Å². The van der Waals surface area contributed by atoms with Crippen LogP contribution in [0.15, 0.2) is 54.6 Å². The zero-order valence-electron chi connectivity index (χ0n) is 10.1. The molecule has 0 amide bonds. The van der Waals surface area contributed by atoms with Crippen molar-refractivity contribution < 1.29 is 14.3 Å². The minimum atomic E-state index is -0.356. The monoisotopic (exact) mass is 242 g/mol. The van der Waals surface area contributed by atoms with Crippen molar-refractivity contribution >= 4 is 5.97 Å². The summed E-state index contributed by atoms with van der Waals surface area (Å²) in [5, 5.41) is 0. The zero-order valence-corrected chi connectivity index (χ0v) is 10.1. The highest BCUT2D eigenvalue weighted by atomic mass is 16.6. The summed E-state index contributed by atoms with van der Waals surface area (Å²) in [6.45, 7) is 1.81. The smallest absolute Gasteiger partial charge is 0.308 e. The van der Waals surface area contributed by atoms with Crippen molar-refractivity contribution in [2.75, 3.05) is 0 Å². The molecule has 0 saturated heterocycles. The molecular formula is C15H14O3. The van der Waals surface area contributed by atoms with Crippen LogP contribution in [0, 0.1) is 0 Å². The van der Waals surface area contributed by atoms with E-state index in [1.807, 2.05) is 36.4 Å². The van der Waals surface area contributed by atoms with E-state index in [1.165, 1.54) is 6.92 Å². The molecule has 0 N–H and O–H groups in total. The summed E-state index contributed by atoms with van der Waals surface area (Å²) in [6, 6.07) is 17.0. The molecule has 0 saturated carbocycles. The second kappa shape index (κ2) is 5.87. The molecule has 0 heterocycles. The molecule has 0 aliphatic carbocycles. The molecule has 0 aromatic heterocycles. The summed E-state index contributed by atoms with van der Waals surface area (Å²) >= 11 is 0. The summed E-state index contributed by atoms with van der Waals surface area (Å²) in [5.41, 5.74) is 1.06. The van der Waals surface area contributed by atoms with Gasteiger partial charge in [-0.15, -0.1) is 0 Å². The number of carbonyl (C=O) groups is 1. The highest BCUT2D eigenvalue weighted by molar-refractivity contribution is 5.70. The zero-order chi connectivity index (χ0) is 12.8. The fraction of sp³-hybridized carbons (Fsp3) is 0.133. The molecule has 92 valence electrons. The molecule has 0 aliphatic rings. The Balaban J connectivity index is 2.07. The van der Waals surface area contributed by atoms with Gasteiger partial charge in [0.05, 0.1) is 0 Å². The minimum Gasteiger partial charge on any atom is -0.485 e. The molecule has 2 aromatic rings. The van der Waals surface area contributed by atoms with Gasteiger partial charge in [0.15, 0.2) is 11.5 Å². The van der Waals surface area contributed by atoms with Crippen LogP contribution in [0.2, 0.25) is 0 Å². The van der Waals surface area contributed by atoms with Crippen molar-refractivity contribution in [1.82, 2.24) is 0 Å². The molecular weight excluding hydrogens is 228 g/mol. The van der Waals surface area contributed by atoms with E-state index < -0.39 is 0 Å². The van der Waals surface area contributed by atoms with E-state index in [-0.39, 0.29) is 5.97 Å². The van der Waals surface area contributed by atoms with Gasteiger partial charge < -0.3 is 9.47 Å². The molecule has 0 bridgehead atoms. The van der Waals surface area contributed by atoms with Crippen molar-refractivity contribution in [3.63, 3.8) is 0 Å². The summed E-state index contributed by atoms with van der Waals surface area (Å²) in [5.74, 6) is 0.656. The molecule has 0 atom stereocenters. The Morgan fingerprint density at radius 1 is 0.944 bits per heavy atom. The van der Waals surface area contributed by atoms with Gasteiger partial charge in [0.1, 0.15) is 6.61 Å². The maximum atomic E-state index is 11.0. The predicted octanol–water partition coefficient (Wildman–Crippen LogP) is 3.19. The van der Waals surface area contributed by atoms with Crippen LogP contribution >= 0.6 is 0 Å². The molecule has 0 unspecified atom stereocenters. The standard InChI is InChI=1S/C15H14O3/c1-12(16)18-15-10-6-5-9-14(15)17-11-13-7-3-2-4-8-13/h2-10H,11H2,1H3. The fourth-order valence-electron chi connectivity index (χ4n) is 1.54. The number of esters is 1. The molecule has 0 spiro atoms. The van der Waals surface area contributed by atoms with Crippen LogP contribution in [0.1, 0.15) is 12.5 Å². The van der Waals surface area contributed by atoms with E-state index in [4.69, 9.17) is 9.47 Å². The molecule has 18 heavy (non-hydrogen) atoms. The van der Waals surface area contributed by atoms with Crippen LogP contribution in [-0.4, -0.2) is 5.97 Å². The first kappa shape index (κ1) is 12.2. The summed E-state index contributed by atoms with van der Waals surface area (Å²) in [7, 11) is 0. The fourth-order valence-corrected chi connectivity index (χ4v) is 1.54. The SMILES string of the molecule is CC(=O)Oc1ccccc1OCc1ccccc1. The highest BCUT2D eigenvalue weighted by Gasteiger charge is 2.06. The van der Waals surface area contributed by atoms with Gasteiger partial charge in [-0.3, -0.25) is 4.79 Å². The van der Waals surface area contributed by atoms with Gasteiger partial charge in [-0.25, -0.2) is 0 Å². The van der Waals surface area contributed by atoms with Crippen LogP contribution in [0.3, 0.4) is 0 Å². The Morgan fingerprint density at radius 2 is 1.56 bits per heavy atom. The molecule has 2 aromatic carbocycles. The van der Waals surface area contributed by atoms with Crippen molar-refractivity contribution in [2.24, 2.45) is 0 Å². The molecule has 2 rings (SSSR count). The van der Waals surface area contributed by atoms with Crippen molar-refractivity contribution in [3.05, 3.63) is 60.2 Å². The number of ether oxygens (including phenoxy) is 2. The van der Waals surface area contributed by atoms with E-state index in [0.717, 1.165) is 5.56 Å². The number of hydrogen-bond donors (Lipinski definition) is 0. The Labute approximate surface area is 106 Å². The lowest BCUT2D eigenvalue weighted by Gasteiger charge is -2.10. The molecule has 3 heteroatoms. The molecule has 0 aliphatic heterocycles. The lowest BCUT2D eigenvalue weighted by molar-refractivity contribution is -0.132. The maximum Gasteiger partial charge on any atom is 0.308 e. The summed E-state index contributed by atoms with van der Waals surface area (Å²) in [4.78, 5) is 11.0. The maximum absolute atomic E-state index is 11.0. The van der Waals surface area contributed by atoms with Gasteiger partial charge in [-0.2, -0.15) is 0 Å². The van der Waals surface area contributed by atoms with Crippen LogP contribution < -0.4 is 9.47 Å². The first-order valence-corrected chi connectivity index (χ1v) is 5.70. The number of hydrogen-bond acceptors (Lipinski definition) is 3. The van der Waals surface area contributed by atoms with Crippen LogP contribution in [0.25, 0.3) is 0 Å². The Kier molecular flexibility index (Phi) is 3.97. The lowest BCUT2D eigenvalue weighted by Crippen LogP contribution is -2.04. The van der Waals surface area contributed by atoms with Crippen molar-refractivity contribution in [3.8, 4) is 11.5 Å². The van der Waals surface area contributed by atoms with E-state index in [9.17, 15) is 4.79 Å². The lowest BCUT2D eigenvalue weighted by atomic mass is 10.2. The number of benzene rings is 2. The average Bonchev–Trinajstić information content (AvgIpc) is 2.38. The minimum absolute atomic E-state index is 0.356. The number of rotatable bonds is 4. The molecule has 0 radical (unpaired) electrons. The predicted molar refractivity (Wildman–Crippen MR) is 68.5 cm³/mol. The first-order chi connectivity index (χ1) is 8.75. The third-order valence-electron chi connectivity index (χ3n) is 2.34. The average molecular weight is 242 g/mol. The second-order valence-corrected chi connectivity index (χ2v) is 3.81. The van der Waals surface area contributed by atoms with Gasteiger partial charge in [-0.1, -0.05) is 42.5 Å². The quantitative estimate of drug-likeness (QED) is 0.610. The molecule has 3 nitrogen and oxygen atoms in total. The van der Waals surface area contributed by atoms with Gasteiger partial charge in [0.2, 0.25) is 0 Å². The first-order valence-electron chi connectivity index (χ1n) is 5.70. The van der Waals surface area contributed by atoms with E-state index in [1.54, 1.807) is 18.2 Å². The topological polar surface area (TPSA) is 35.5 Å². The highest BCUT2D eigenvalue weighted by Crippen LogP contribution is 2.27. The third-order valence-corrected chi connectivity index (χ3v) is 2.34. The number of para-hydroxylation sites is 2. The van der Waals surface area contributed by atoms with Crippen molar-refractivity contribution in [2.45, 2.75) is 13.5 Å². The van der Waals surface area contributed by atoms with Gasteiger partial charge in [0.25, 0.3) is 0 Å². The summed E-state index contributed by atoms with van der Waals surface area (Å²) < 4.78 is 10.7. The summed E-state index contributed by atoms with van der Waals surface area (Å²) in [6.07, 6.45) is 0. The normalized spacial score (nSPS) is 9.83.